The molecule has 0 aliphatic heterocycles. The molecule has 2 aromatic carbocycles. The third kappa shape index (κ3) is 4.32. The molecule has 0 saturated carbocycles. The van der Waals surface area contributed by atoms with Crippen LogP contribution in [-0.4, -0.2) is 25.1 Å². The lowest BCUT2D eigenvalue weighted by Gasteiger charge is -2.17. The number of anilines is 1. The summed E-state index contributed by atoms with van der Waals surface area (Å²) in [6.45, 7) is 1.77. The van der Waals surface area contributed by atoms with E-state index >= 15 is 0 Å². The zero-order chi connectivity index (χ0) is 17.5. The third-order valence-corrected chi connectivity index (χ3v) is 3.34. The van der Waals surface area contributed by atoms with Crippen molar-refractivity contribution in [3.05, 3.63) is 59.9 Å². The van der Waals surface area contributed by atoms with Gasteiger partial charge in [0.05, 0.1) is 12.7 Å². The number of benzene rings is 2. The number of hydrogen-bond donors (Lipinski definition) is 1. The van der Waals surface area contributed by atoms with Gasteiger partial charge in [0, 0.05) is 5.69 Å². The molecule has 0 aliphatic rings. The number of rotatable bonds is 6. The minimum Gasteiger partial charge on any atom is -0.478 e. The summed E-state index contributed by atoms with van der Waals surface area (Å²) in [6.07, 6.45) is -0.456. The Morgan fingerprint density at radius 3 is 2.38 bits per heavy atom. The van der Waals surface area contributed by atoms with E-state index in [0.29, 0.717) is 17.7 Å². The molecule has 2 rings (SSSR count). The van der Waals surface area contributed by atoms with Crippen LogP contribution in [0.4, 0.5) is 10.1 Å². The second-order valence-electron chi connectivity index (χ2n) is 5.00. The molecule has 126 valence electrons. The van der Waals surface area contributed by atoms with Crippen molar-refractivity contribution in [1.82, 2.24) is 0 Å². The first-order valence-corrected chi connectivity index (χ1v) is 7.45. The van der Waals surface area contributed by atoms with Crippen LogP contribution in [0.15, 0.2) is 48.5 Å². The third-order valence-electron chi connectivity index (χ3n) is 3.34. The SMILES string of the molecule is CC[C@@H](Oc1ccccc1F)C(=O)Nc1ccc(C(=O)OC)cc1. The molecule has 1 atom stereocenters. The van der Waals surface area contributed by atoms with Gasteiger partial charge in [0.15, 0.2) is 17.7 Å². The molecule has 0 unspecified atom stereocenters. The molecule has 0 bridgehead atoms. The maximum atomic E-state index is 13.6. The molecule has 0 aliphatic carbocycles. The molecule has 6 heteroatoms. The highest BCUT2D eigenvalue weighted by molar-refractivity contribution is 5.95. The van der Waals surface area contributed by atoms with Crippen LogP contribution < -0.4 is 10.1 Å². The average molecular weight is 331 g/mol. The second kappa shape index (κ2) is 8.10. The van der Waals surface area contributed by atoms with Crippen LogP contribution >= 0.6 is 0 Å². The summed E-state index contributed by atoms with van der Waals surface area (Å²) >= 11 is 0. The molecular weight excluding hydrogens is 313 g/mol. The van der Waals surface area contributed by atoms with Crippen molar-refractivity contribution in [3.63, 3.8) is 0 Å². The topological polar surface area (TPSA) is 64.6 Å². The first-order chi connectivity index (χ1) is 11.5. The van der Waals surface area contributed by atoms with Gasteiger partial charge in [-0.05, 0) is 42.8 Å². The maximum Gasteiger partial charge on any atom is 0.337 e. The molecule has 24 heavy (non-hydrogen) atoms. The first-order valence-electron chi connectivity index (χ1n) is 7.45. The molecule has 1 amide bonds. The van der Waals surface area contributed by atoms with Gasteiger partial charge in [-0.2, -0.15) is 0 Å². The summed E-state index contributed by atoms with van der Waals surface area (Å²) in [4.78, 5) is 23.7. The van der Waals surface area contributed by atoms with E-state index in [0.717, 1.165) is 0 Å². The van der Waals surface area contributed by atoms with Crippen LogP contribution in [-0.2, 0) is 9.53 Å². The summed E-state index contributed by atoms with van der Waals surface area (Å²) in [7, 11) is 1.30. The van der Waals surface area contributed by atoms with E-state index < -0.39 is 23.8 Å². The van der Waals surface area contributed by atoms with E-state index in [1.807, 2.05) is 0 Å². The maximum absolute atomic E-state index is 13.6. The number of amides is 1. The van der Waals surface area contributed by atoms with Crippen LogP contribution in [0.3, 0.4) is 0 Å². The van der Waals surface area contributed by atoms with Crippen molar-refractivity contribution in [3.8, 4) is 5.75 Å². The van der Waals surface area contributed by atoms with Gasteiger partial charge >= 0.3 is 5.97 Å². The predicted molar refractivity (Wildman–Crippen MR) is 87.5 cm³/mol. The molecule has 5 nitrogen and oxygen atoms in total. The zero-order valence-corrected chi connectivity index (χ0v) is 13.4. The van der Waals surface area contributed by atoms with Crippen molar-refractivity contribution in [1.29, 1.82) is 0 Å². The van der Waals surface area contributed by atoms with E-state index in [1.165, 1.54) is 19.2 Å². The van der Waals surface area contributed by atoms with Gasteiger partial charge in [-0.1, -0.05) is 19.1 Å². The van der Waals surface area contributed by atoms with E-state index in [1.54, 1.807) is 43.3 Å². The Morgan fingerprint density at radius 1 is 1.12 bits per heavy atom. The van der Waals surface area contributed by atoms with Gasteiger partial charge < -0.3 is 14.8 Å². The quantitative estimate of drug-likeness (QED) is 0.824. The monoisotopic (exact) mass is 331 g/mol. The fraction of sp³-hybridized carbons (Fsp3) is 0.222. The van der Waals surface area contributed by atoms with Gasteiger partial charge in [0.25, 0.3) is 5.91 Å². The van der Waals surface area contributed by atoms with Gasteiger partial charge in [0.2, 0.25) is 0 Å². The number of para-hydroxylation sites is 1. The van der Waals surface area contributed by atoms with Crippen LogP contribution in [0, 0.1) is 5.82 Å². The smallest absolute Gasteiger partial charge is 0.337 e. The average Bonchev–Trinajstić information content (AvgIpc) is 2.61. The van der Waals surface area contributed by atoms with Crippen molar-refractivity contribution < 1.29 is 23.5 Å². The summed E-state index contributed by atoms with van der Waals surface area (Å²) in [6, 6.07) is 12.2. The van der Waals surface area contributed by atoms with Crippen molar-refractivity contribution in [2.24, 2.45) is 0 Å². The van der Waals surface area contributed by atoms with Gasteiger partial charge in [-0.15, -0.1) is 0 Å². The number of carbonyl (C=O) groups excluding carboxylic acids is 2. The van der Waals surface area contributed by atoms with Crippen LogP contribution in [0.2, 0.25) is 0 Å². The highest BCUT2D eigenvalue weighted by Gasteiger charge is 2.20. The Bertz CT molecular complexity index is 715. The lowest BCUT2D eigenvalue weighted by Crippen LogP contribution is -2.32. The Balaban J connectivity index is 2.04. The summed E-state index contributed by atoms with van der Waals surface area (Å²) in [5.41, 5.74) is 0.883. The normalized spacial score (nSPS) is 11.5. The van der Waals surface area contributed by atoms with Gasteiger partial charge in [-0.25, -0.2) is 9.18 Å². The molecule has 0 radical (unpaired) electrons. The van der Waals surface area contributed by atoms with E-state index in [4.69, 9.17) is 4.74 Å². The molecule has 1 N–H and O–H groups in total. The number of hydrogen-bond acceptors (Lipinski definition) is 4. The molecule has 0 aromatic heterocycles. The van der Waals surface area contributed by atoms with Crippen LogP contribution in [0.25, 0.3) is 0 Å². The zero-order valence-electron chi connectivity index (χ0n) is 13.4. The van der Waals surface area contributed by atoms with Crippen molar-refractivity contribution >= 4 is 17.6 Å². The minimum atomic E-state index is -0.831. The largest absolute Gasteiger partial charge is 0.478 e. The summed E-state index contributed by atoms with van der Waals surface area (Å²) < 4.78 is 23.7. The number of carbonyl (C=O) groups is 2. The Hall–Kier alpha value is -2.89. The Kier molecular flexibility index (Phi) is 5.89. The number of methoxy groups -OCH3 is 1. The van der Waals surface area contributed by atoms with Crippen molar-refractivity contribution in [2.75, 3.05) is 12.4 Å². The molecule has 0 heterocycles. The number of ether oxygens (including phenoxy) is 2. The van der Waals surface area contributed by atoms with Crippen LogP contribution in [0.1, 0.15) is 23.7 Å². The fourth-order valence-corrected chi connectivity index (χ4v) is 2.05. The van der Waals surface area contributed by atoms with E-state index in [2.05, 4.69) is 10.1 Å². The lowest BCUT2D eigenvalue weighted by molar-refractivity contribution is -0.122. The first kappa shape index (κ1) is 17.5. The fourth-order valence-electron chi connectivity index (χ4n) is 2.05. The summed E-state index contributed by atoms with van der Waals surface area (Å²) in [5.74, 6) is -1.35. The minimum absolute atomic E-state index is 0.0283. The van der Waals surface area contributed by atoms with Gasteiger partial charge in [-0.3, -0.25) is 4.79 Å². The number of halogens is 1. The standard InChI is InChI=1S/C18H18FNO4/c1-3-15(24-16-7-5-4-6-14(16)19)17(21)20-13-10-8-12(9-11-13)18(22)23-2/h4-11,15H,3H2,1-2H3,(H,20,21)/t15-/m1/s1. The highest BCUT2D eigenvalue weighted by Crippen LogP contribution is 2.19. The highest BCUT2D eigenvalue weighted by atomic mass is 19.1. The second-order valence-corrected chi connectivity index (χ2v) is 5.00. The predicted octanol–water partition coefficient (Wildman–Crippen LogP) is 3.41. The molecule has 0 spiro atoms. The lowest BCUT2D eigenvalue weighted by atomic mass is 10.2. The van der Waals surface area contributed by atoms with Gasteiger partial charge in [0.1, 0.15) is 0 Å². The molecule has 0 fully saturated rings. The number of nitrogens with one attached hydrogen (secondary N) is 1. The molecule has 2 aromatic rings. The number of esters is 1. The Labute approximate surface area is 139 Å². The Morgan fingerprint density at radius 2 is 1.79 bits per heavy atom. The molecular formula is C18H18FNO4. The van der Waals surface area contributed by atoms with E-state index in [-0.39, 0.29) is 5.75 Å². The van der Waals surface area contributed by atoms with Crippen molar-refractivity contribution in [2.45, 2.75) is 19.4 Å². The molecule has 0 saturated heterocycles. The van der Waals surface area contributed by atoms with E-state index in [9.17, 15) is 14.0 Å². The van der Waals surface area contributed by atoms with Crippen LogP contribution in [0.5, 0.6) is 5.75 Å². The summed E-state index contributed by atoms with van der Waals surface area (Å²) in [5, 5.41) is 2.68.